The Kier molecular flexibility index (Phi) is 5.56. The number of aromatic nitrogens is 3. The van der Waals surface area contributed by atoms with Gasteiger partial charge in [-0.3, -0.25) is 0 Å². The van der Waals surface area contributed by atoms with Crippen LogP contribution in [-0.4, -0.2) is 32.0 Å². The SMILES string of the molecule is Cc1noc(C)c1-c1ccc2c(c1)nc([C@@H]1CCC(O)N1c1ccc(F)c(F)c1)n2[C@@H]1CCC(F)(F)C1. The summed E-state index contributed by atoms with van der Waals surface area (Å²) in [5, 5.41) is 14.8. The number of hydrogen-bond acceptors (Lipinski definition) is 5. The van der Waals surface area contributed by atoms with Gasteiger partial charge in [-0.25, -0.2) is 22.5 Å². The number of aryl methyl sites for hydroxylation is 2. The van der Waals surface area contributed by atoms with E-state index in [0.29, 0.717) is 41.1 Å². The second-order valence-electron chi connectivity index (χ2n) is 10.1. The lowest BCUT2D eigenvalue weighted by molar-refractivity contribution is 0.00564. The van der Waals surface area contributed by atoms with Crippen molar-refractivity contribution in [2.24, 2.45) is 0 Å². The van der Waals surface area contributed by atoms with Crippen LogP contribution in [0.4, 0.5) is 23.2 Å². The topological polar surface area (TPSA) is 67.3 Å². The maximum atomic E-state index is 14.3. The Labute approximate surface area is 210 Å². The Hall–Kier alpha value is -3.40. The average molecular weight is 515 g/mol. The summed E-state index contributed by atoms with van der Waals surface area (Å²) < 4.78 is 63.6. The molecule has 2 aromatic carbocycles. The van der Waals surface area contributed by atoms with Crippen molar-refractivity contribution in [3.63, 3.8) is 0 Å². The molecule has 0 amide bonds. The van der Waals surface area contributed by atoms with Gasteiger partial charge in [-0.2, -0.15) is 0 Å². The van der Waals surface area contributed by atoms with E-state index in [1.165, 1.54) is 6.07 Å². The van der Waals surface area contributed by atoms with Gasteiger partial charge in [-0.05, 0) is 62.9 Å². The van der Waals surface area contributed by atoms with Crippen molar-refractivity contribution in [2.75, 3.05) is 4.90 Å². The molecule has 2 aliphatic rings. The average Bonchev–Trinajstić information content (AvgIpc) is 3.59. The molecular weight excluding hydrogens is 488 g/mol. The van der Waals surface area contributed by atoms with E-state index in [0.717, 1.165) is 29.0 Å². The van der Waals surface area contributed by atoms with Crippen LogP contribution in [0.25, 0.3) is 22.2 Å². The summed E-state index contributed by atoms with van der Waals surface area (Å²) in [4.78, 5) is 6.51. The molecule has 1 saturated heterocycles. The third-order valence-corrected chi connectivity index (χ3v) is 7.64. The van der Waals surface area contributed by atoms with Crippen LogP contribution < -0.4 is 4.90 Å². The van der Waals surface area contributed by atoms with E-state index in [9.17, 15) is 22.7 Å². The lowest BCUT2D eigenvalue weighted by Gasteiger charge is -2.31. The van der Waals surface area contributed by atoms with Gasteiger partial charge in [0.15, 0.2) is 11.6 Å². The molecule has 2 fully saturated rings. The first-order valence-corrected chi connectivity index (χ1v) is 12.4. The molecule has 1 unspecified atom stereocenters. The number of fused-ring (bicyclic) bond motifs is 1. The first-order valence-electron chi connectivity index (χ1n) is 12.4. The summed E-state index contributed by atoms with van der Waals surface area (Å²) in [5.41, 5.74) is 4.07. The third kappa shape index (κ3) is 3.98. The molecule has 37 heavy (non-hydrogen) atoms. The number of halogens is 4. The summed E-state index contributed by atoms with van der Waals surface area (Å²) in [6.07, 6.45) is -0.337. The van der Waals surface area contributed by atoms with Crippen molar-refractivity contribution in [2.45, 2.75) is 70.2 Å². The van der Waals surface area contributed by atoms with Gasteiger partial charge >= 0.3 is 0 Å². The van der Waals surface area contributed by atoms with Crippen LogP contribution in [0.5, 0.6) is 0 Å². The quantitative estimate of drug-likeness (QED) is 0.311. The number of anilines is 1. The van der Waals surface area contributed by atoms with Crippen LogP contribution in [-0.2, 0) is 0 Å². The van der Waals surface area contributed by atoms with E-state index in [4.69, 9.17) is 9.51 Å². The van der Waals surface area contributed by atoms with Gasteiger partial charge < -0.3 is 19.1 Å². The number of rotatable bonds is 4. The third-order valence-electron chi connectivity index (χ3n) is 7.64. The van der Waals surface area contributed by atoms with Crippen molar-refractivity contribution in [3.8, 4) is 11.1 Å². The molecule has 1 saturated carbocycles. The maximum Gasteiger partial charge on any atom is 0.250 e. The zero-order chi connectivity index (χ0) is 26.1. The second-order valence-corrected chi connectivity index (χ2v) is 10.1. The summed E-state index contributed by atoms with van der Waals surface area (Å²) in [6.45, 7) is 3.67. The number of nitrogens with zero attached hydrogens (tertiary/aromatic N) is 4. The van der Waals surface area contributed by atoms with E-state index in [1.807, 2.05) is 36.6 Å². The molecule has 0 radical (unpaired) electrons. The van der Waals surface area contributed by atoms with Gasteiger partial charge in [-0.1, -0.05) is 11.2 Å². The van der Waals surface area contributed by atoms with Gasteiger partial charge in [0.1, 0.15) is 17.8 Å². The molecule has 3 atom stereocenters. The number of aliphatic hydroxyl groups is 1. The largest absolute Gasteiger partial charge is 0.374 e. The Balaban J connectivity index is 1.51. The Bertz CT molecular complexity index is 1480. The lowest BCUT2D eigenvalue weighted by atomic mass is 10.0. The smallest absolute Gasteiger partial charge is 0.250 e. The van der Waals surface area contributed by atoms with Crippen LogP contribution in [0.15, 0.2) is 40.9 Å². The normalized spacial score (nSPS) is 23.4. The van der Waals surface area contributed by atoms with Crippen molar-refractivity contribution in [1.29, 1.82) is 0 Å². The molecule has 2 aromatic heterocycles. The predicted octanol–water partition coefficient (Wildman–Crippen LogP) is 6.61. The molecule has 4 aromatic rings. The molecule has 3 heterocycles. The molecule has 1 aliphatic heterocycles. The highest BCUT2D eigenvalue weighted by atomic mass is 19.3. The van der Waals surface area contributed by atoms with Crippen molar-refractivity contribution in [1.82, 2.24) is 14.7 Å². The summed E-state index contributed by atoms with van der Waals surface area (Å²) >= 11 is 0. The number of alkyl halides is 2. The fourth-order valence-electron chi connectivity index (χ4n) is 5.98. The molecule has 1 N–H and O–H groups in total. The highest BCUT2D eigenvalue weighted by Gasteiger charge is 2.44. The highest BCUT2D eigenvalue weighted by Crippen LogP contribution is 2.47. The predicted molar refractivity (Wildman–Crippen MR) is 129 cm³/mol. The monoisotopic (exact) mass is 514 g/mol. The van der Waals surface area contributed by atoms with Gasteiger partial charge in [0.25, 0.3) is 0 Å². The molecular formula is C27H26F4N4O2. The first kappa shape index (κ1) is 24.0. The van der Waals surface area contributed by atoms with Crippen LogP contribution >= 0.6 is 0 Å². The van der Waals surface area contributed by atoms with Crippen LogP contribution in [0.1, 0.15) is 61.5 Å². The zero-order valence-electron chi connectivity index (χ0n) is 20.4. The number of benzene rings is 2. The summed E-state index contributed by atoms with van der Waals surface area (Å²) in [5.74, 6) is -3.60. The van der Waals surface area contributed by atoms with E-state index >= 15 is 0 Å². The number of imidazole rings is 1. The van der Waals surface area contributed by atoms with Gasteiger partial charge in [0, 0.05) is 36.2 Å². The van der Waals surface area contributed by atoms with Gasteiger partial charge in [-0.15, -0.1) is 0 Å². The number of aliphatic hydroxyl groups excluding tert-OH is 1. The summed E-state index contributed by atoms with van der Waals surface area (Å²) in [7, 11) is 0. The number of hydrogen-bond donors (Lipinski definition) is 1. The van der Waals surface area contributed by atoms with Gasteiger partial charge in [0.05, 0.1) is 22.8 Å². The Morgan fingerprint density at radius 1 is 1.03 bits per heavy atom. The van der Waals surface area contributed by atoms with Crippen molar-refractivity contribution >= 4 is 16.7 Å². The first-order chi connectivity index (χ1) is 17.6. The van der Waals surface area contributed by atoms with Crippen LogP contribution in [0.2, 0.25) is 0 Å². The summed E-state index contributed by atoms with van der Waals surface area (Å²) in [6, 6.07) is 8.14. The fourth-order valence-corrected chi connectivity index (χ4v) is 5.98. The van der Waals surface area contributed by atoms with E-state index in [1.54, 1.807) is 4.90 Å². The molecule has 0 bridgehead atoms. The maximum absolute atomic E-state index is 14.3. The Morgan fingerprint density at radius 3 is 2.51 bits per heavy atom. The molecule has 10 heteroatoms. The van der Waals surface area contributed by atoms with Crippen LogP contribution in [0, 0.1) is 25.5 Å². The second kappa shape index (κ2) is 8.58. The molecule has 6 nitrogen and oxygen atoms in total. The molecule has 194 valence electrons. The van der Waals surface area contributed by atoms with E-state index < -0.39 is 35.9 Å². The van der Waals surface area contributed by atoms with Crippen molar-refractivity contribution in [3.05, 3.63) is 65.3 Å². The standard InChI is InChI=1S/C27H26F4N4O2/c1-14-25(15(2)37-33-14)16-3-6-22-21(11-16)32-26(35(22)18-9-10-27(30,31)13-18)23-7-8-24(36)34(23)17-4-5-19(28)20(29)12-17/h3-6,11-12,18,23-24,36H,7-10,13H2,1-2H3/t18-,23+,24?/m1/s1. The minimum atomic E-state index is -2.77. The fraction of sp³-hybridized carbons (Fsp3) is 0.407. The van der Waals surface area contributed by atoms with E-state index in [-0.39, 0.29) is 19.3 Å². The van der Waals surface area contributed by atoms with Crippen LogP contribution in [0.3, 0.4) is 0 Å². The Morgan fingerprint density at radius 2 is 1.84 bits per heavy atom. The minimum Gasteiger partial charge on any atom is -0.374 e. The zero-order valence-corrected chi connectivity index (χ0v) is 20.4. The molecule has 0 spiro atoms. The molecule has 6 rings (SSSR count). The van der Waals surface area contributed by atoms with E-state index in [2.05, 4.69) is 5.16 Å². The van der Waals surface area contributed by atoms with Gasteiger partial charge in [0.2, 0.25) is 5.92 Å². The highest BCUT2D eigenvalue weighted by molar-refractivity contribution is 5.84. The minimum absolute atomic E-state index is 0.214. The van der Waals surface area contributed by atoms with Crippen molar-refractivity contribution < 1.29 is 27.2 Å². The molecule has 1 aliphatic carbocycles. The lowest BCUT2D eigenvalue weighted by Crippen LogP contribution is -2.33.